The Labute approximate surface area is 176 Å². The van der Waals surface area contributed by atoms with Crippen LogP contribution in [0.15, 0.2) is 18.2 Å². The smallest absolute Gasteiger partial charge is 0.141 e. The predicted octanol–water partition coefficient (Wildman–Crippen LogP) is 6.49. The molecule has 3 atom stereocenters. The molecule has 2 aliphatic heterocycles. The van der Waals surface area contributed by atoms with Crippen molar-refractivity contribution >= 4 is 23.2 Å². The number of halogens is 2. The second-order valence-corrected chi connectivity index (χ2v) is 9.27. The molecule has 0 saturated heterocycles. The molecule has 2 aromatic carbocycles. The molecule has 2 aliphatic rings. The number of ether oxygens (including phenoxy) is 2. The molecular weight excluding hydrogens is 395 g/mol. The van der Waals surface area contributed by atoms with Gasteiger partial charge in [0.2, 0.25) is 0 Å². The van der Waals surface area contributed by atoms with Crippen LogP contribution in [0.4, 0.5) is 0 Å². The van der Waals surface area contributed by atoms with Crippen molar-refractivity contribution in [3.8, 4) is 17.2 Å². The lowest BCUT2D eigenvalue weighted by atomic mass is 9.81. The zero-order valence-corrected chi connectivity index (χ0v) is 18.2. The number of hydrogen-bond acceptors (Lipinski definition) is 3. The summed E-state index contributed by atoms with van der Waals surface area (Å²) in [5, 5.41) is 11.7. The molecule has 2 heterocycles. The molecule has 3 nitrogen and oxygen atoms in total. The Hall–Kier alpha value is -1.58. The van der Waals surface area contributed by atoms with Crippen molar-refractivity contribution in [3.63, 3.8) is 0 Å². The van der Waals surface area contributed by atoms with Crippen molar-refractivity contribution in [1.29, 1.82) is 0 Å². The highest BCUT2D eigenvalue weighted by molar-refractivity contribution is 6.32. The van der Waals surface area contributed by atoms with E-state index in [0.717, 1.165) is 39.6 Å². The average molecular weight is 421 g/mol. The number of fused-ring (bicyclic) bond motifs is 2. The zero-order valence-electron chi connectivity index (χ0n) is 16.7. The highest BCUT2D eigenvalue weighted by Gasteiger charge is 2.36. The van der Waals surface area contributed by atoms with E-state index in [2.05, 4.69) is 27.7 Å². The van der Waals surface area contributed by atoms with E-state index >= 15 is 0 Å². The van der Waals surface area contributed by atoms with Gasteiger partial charge in [-0.3, -0.25) is 0 Å². The number of benzene rings is 2. The Morgan fingerprint density at radius 1 is 1.04 bits per heavy atom. The summed E-state index contributed by atoms with van der Waals surface area (Å²) in [6, 6.07) is 5.72. The van der Waals surface area contributed by atoms with Gasteiger partial charge in [0.1, 0.15) is 17.2 Å². The van der Waals surface area contributed by atoms with Crippen LogP contribution < -0.4 is 9.47 Å². The number of aromatic hydroxyl groups is 1. The van der Waals surface area contributed by atoms with Crippen LogP contribution in [0, 0.1) is 18.8 Å². The van der Waals surface area contributed by atoms with E-state index in [1.165, 1.54) is 5.56 Å². The van der Waals surface area contributed by atoms with Gasteiger partial charge in [0.15, 0.2) is 0 Å². The van der Waals surface area contributed by atoms with Crippen molar-refractivity contribution in [2.45, 2.75) is 46.0 Å². The van der Waals surface area contributed by atoms with Crippen LogP contribution in [0.25, 0.3) is 0 Å². The molecule has 2 aromatic rings. The predicted molar refractivity (Wildman–Crippen MR) is 113 cm³/mol. The van der Waals surface area contributed by atoms with Crippen molar-refractivity contribution in [1.82, 2.24) is 0 Å². The van der Waals surface area contributed by atoms with E-state index in [0.29, 0.717) is 30.1 Å². The van der Waals surface area contributed by atoms with Crippen LogP contribution in [0.1, 0.15) is 54.9 Å². The fourth-order valence-corrected chi connectivity index (χ4v) is 5.01. The largest absolute Gasteiger partial charge is 0.506 e. The molecule has 3 unspecified atom stereocenters. The second kappa shape index (κ2) is 7.35. The maximum atomic E-state index is 10.6. The van der Waals surface area contributed by atoms with Crippen LogP contribution in [-0.4, -0.2) is 18.3 Å². The standard InChI is InChI=1S/C23H26Cl2O3/c1-11(2)15-9-28-23-14(8-18(25)22(26)21(15)23)7-12(3)16-10-27-19-6-5-17(24)13(4)20(16)19/h5-6,8,11-12,15-16,26H,7,9-10H2,1-4H3. The summed E-state index contributed by atoms with van der Waals surface area (Å²) in [6.45, 7) is 9.82. The van der Waals surface area contributed by atoms with E-state index in [4.69, 9.17) is 32.7 Å². The summed E-state index contributed by atoms with van der Waals surface area (Å²) < 4.78 is 12.0. The van der Waals surface area contributed by atoms with Gasteiger partial charge in [-0.25, -0.2) is 0 Å². The normalized spacial score (nSPS) is 21.2. The van der Waals surface area contributed by atoms with Crippen molar-refractivity contribution < 1.29 is 14.6 Å². The van der Waals surface area contributed by atoms with Gasteiger partial charge < -0.3 is 14.6 Å². The lowest BCUT2D eigenvalue weighted by Crippen LogP contribution is -2.15. The molecule has 0 spiro atoms. The molecule has 0 aromatic heterocycles. The SMILES string of the molecule is Cc1c(Cl)ccc2c1C(C(C)Cc1cc(Cl)c(O)c3c1OCC3C(C)C)CO2. The fourth-order valence-electron chi connectivity index (χ4n) is 4.61. The highest BCUT2D eigenvalue weighted by atomic mass is 35.5. The van der Waals surface area contributed by atoms with Gasteiger partial charge in [-0.2, -0.15) is 0 Å². The zero-order chi connectivity index (χ0) is 20.2. The summed E-state index contributed by atoms with van der Waals surface area (Å²) in [4.78, 5) is 0. The number of hydrogen-bond donors (Lipinski definition) is 1. The lowest BCUT2D eigenvalue weighted by Gasteiger charge is -2.22. The van der Waals surface area contributed by atoms with Crippen LogP contribution >= 0.6 is 23.2 Å². The quantitative estimate of drug-likeness (QED) is 0.613. The first-order valence-electron chi connectivity index (χ1n) is 9.88. The van der Waals surface area contributed by atoms with E-state index in [1.54, 1.807) is 0 Å². The Bertz CT molecular complexity index is 923. The number of phenols is 1. The van der Waals surface area contributed by atoms with Gasteiger partial charge in [-0.15, -0.1) is 0 Å². The maximum Gasteiger partial charge on any atom is 0.141 e. The molecule has 0 radical (unpaired) electrons. The van der Waals surface area contributed by atoms with Crippen molar-refractivity contribution in [3.05, 3.63) is 50.5 Å². The van der Waals surface area contributed by atoms with E-state index in [1.807, 2.05) is 18.2 Å². The molecule has 5 heteroatoms. The van der Waals surface area contributed by atoms with E-state index in [9.17, 15) is 5.11 Å². The maximum absolute atomic E-state index is 10.6. The molecule has 4 rings (SSSR count). The summed E-state index contributed by atoms with van der Waals surface area (Å²) in [7, 11) is 0. The number of phenolic OH excluding ortho intramolecular Hbond substituents is 1. The monoisotopic (exact) mass is 420 g/mol. The Balaban J connectivity index is 1.67. The lowest BCUT2D eigenvalue weighted by molar-refractivity contribution is 0.288. The Morgan fingerprint density at radius 2 is 1.75 bits per heavy atom. The third-order valence-electron chi connectivity index (χ3n) is 6.33. The van der Waals surface area contributed by atoms with E-state index in [-0.39, 0.29) is 17.6 Å². The molecule has 28 heavy (non-hydrogen) atoms. The minimum absolute atomic E-state index is 0.166. The third kappa shape index (κ3) is 3.13. The van der Waals surface area contributed by atoms with Crippen LogP contribution in [-0.2, 0) is 6.42 Å². The minimum atomic E-state index is 0.166. The first kappa shape index (κ1) is 19.7. The second-order valence-electron chi connectivity index (χ2n) is 8.45. The van der Waals surface area contributed by atoms with E-state index < -0.39 is 0 Å². The first-order valence-corrected chi connectivity index (χ1v) is 10.6. The third-order valence-corrected chi connectivity index (χ3v) is 7.03. The van der Waals surface area contributed by atoms with Gasteiger partial charge in [-0.05, 0) is 54.5 Å². The summed E-state index contributed by atoms with van der Waals surface area (Å²) in [6.07, 6.45) is 0.798. The fraction of sp³-hybridized carbons (Fsp3) is 0.478. The molecule has 1 N–H and O–H groups in total. The Morgan fingerprint density at radius 3 is 2.46 bits per heavy atom. The molecule has 0 amide bonds. The van der Waals surface area contributed by atoms with Crippen LogP contribution in [0.5, 0.6) is 17.2 Å². The van der Waals surface area contributed by atoms with Gasteiger partial charge in [0, 0.05) is 28.0 Å². The van der Waals surface area contributed by atoms with Crippen molar-refractivity contribution in [2.24, 2.45) is 11.8 Å². The average Bonchev–Trinajstić information content (AvgIpc) is 3.27. The van der Waals surface area contributed by atoms with Crippen LogP contribution in [0.2, 0.25) is 10.0 Å². The van der Waals surface area contributed by atoms with Gasteiger partial charge in [-0.1, -0.05) is 44.0 Å². The molecule has 0 fully saturated rings. The first-order chi connectivity index (χ1) is 13.3. The van der Waals surface area contributed by atoms with Gasteiger partial charge in [0.25, 0.3) is 0 Å². The summed E-state index contributed by atoms with van der Waals surface area (Å²) >= 11 is 12.8. The molecule has 150 valence electrons. The highest BCUT2D eigenvalue weighted by Crippen LogP contribution is 2.50. The molecule has 0 aliphatic carbocycles. The van der Waals surface area contributed by atoms with Gasteiger partial charge in [0.05, 0.1) is 18.2 Å². The molecule has 0 saturated carbocycles. The van der Waals surface area contributed by atoms with Crippen LogP contribution in [0.3, 0.4) is 0 Å². The summed E-state index contributed by atoms with van der Waals surface area (Å²) in [5.74, 6) is 3.03. The van der Waals surface area contributed by atoms with Gasteiger partial charge >= 0.3 is 0 Å². The molecule has 0 bridgehead atoms. The minimum Gasteiger partial charge on any atom is -0.506 e. The summed E-state index contributed by atoms with van der Waals surface area (Å²) in [5.41, 5.74) is 4.23. The number of rotatable bonds is 4. The van der Waals surface area contributed by atoms with Crippen molar-refractivity contribution in [2.75, 3.05) is 13.2 Å². The topological polar surface area (TPSA) is 38.7 Å². The molecular formula is C23H26Cl2O3. The Kier molecular flexibility index (Phi) is 5.18.